The highest BCUT2D eigenvalue weighted by molar-refractivity contribution is 6.02. The molecule has 1 saturated heterocycles. The molecule has 0 radical (unpaired) electrons. The highest BCUT2D eigenvalue weighted by Crippen LogP contribution is 2.39. The zero-order chi connectivity index (χ0) is 26.9. The molecule has 0 aliphatic carbocycles. The van der Waals surface area contributed by atoms with Gasteiger partial charge in [-0.2, -0.15) is 13.2 Å². The van der Waals surface area contributed by atoms with E-state index in [0.717, 1.165) is 34.1 Å². The van der Waals surface area contributed by atoms with Crippen LogP contribution in [0.2, 0.25) is 0 Å². The molecular weight excluding hydrogens is 491 g/mol. The van der Waals surface area contributed by atoms with Crippen molar-refractivity contribution in [2.24, 2.45) is 5.73 Å². The Morgan fingerprint density at radius 1 is 1.03 bits per heavy atom. The third-order valence-electron chi connectivity index (χ3n) is 7.03. The lowest BCUT2D eigenvalue weighted by Gasteiger charge is -2.36. The molecule has 1 aliphatic rings. The minimum atomic E-state index is -4.37. The van der Waals surface area contributed by atoms with E-state index in [4.69, 9.17) is 5.73 Å². The Kier molecular flexibility index (Phi) is 6.94. The topological polar surface area (TPSA) is 78.2 Å². The standard InChI is InChI=1S/C29H28F3N5O/c1-19-25(18-36-12-14-37(15-13-36)22-9-5-8-21(16-22)29(30,31)32)26(24-17-34-11-10-23(24)28(33)38)27(35-19)20-6-3-2-4-7-20/h2-11,16-17,35H,12-15,18H2,1H3,(H2,33,38). The molecule has 2 aromatic heterocycles. The zero-order valence-electron chi connectivity index (χ0n) is 20.9. The number of aromatic nitrogens is 2. The zero-order valence-corrected chi connectivity index (χ0v) is 20.9. The smallest absolute Gasteiger partial charge is 0.369 e. The fourth-order valence-corrected chi connectivity index (χ4v) is 5.06. The van der Waals surface area contributed by atoms with Gasteiger partial charge in [0.2, 0.25) is 5.91 Å². The van der Waals surface area contributed by atoms with Crippen molar-refractivity contribution >= 4 is 11.6 Å². The SMILES string of the molecule is Cc1[nH]c(-c2ccccc2)c(-c2cnccc2C(N)=O)c1CN1CCN(c2cccc(C(F)(F)F)c2)CC1. The van der Waals surface area contributed by atoms with Crippen LogP contribution in [0, 0.1) is 6.92 Å². The van der Waals surface area contributed by atoms with E-state index in [1.165, 1.54) is 12.1 Å². The van der Waals surface area contributed by atoms with Gasteiger partial charge in [-0.3, -0.25) is 14.7 Å². The summed E-state index contributed by atoms with van der Waals surface area (Å²) in [6.45, 7) is 5.17. The number of primary amides is 1. The summed E-state index contributed by atoms with van der Waals surface area (Å²) in [5.41, 5.74) is 11.5. The van der Waals surface area contributed by atoms with E-state index in [0.29, 0.717) is 49.5 Å². The molecule has 3 heterocycles. The van der Waals surface area contributed by atoms with Crippen molar-refractivity contribution in [3.63, 3.8) is 0 Å². The van der Waals surface area contributed by atoms with Gasteiger partial charge in [0.15, 0.2) is 0 Å². The monoisotopic (exact) mass is 519 g/mol. The van der Waals surface area contributed by atoms with E-state index in [2.05, 4.69) is 14.9 Å². The molecule has 1 amide bonds. The number of nitrogens with one attached hydrogen (secondary N) is 1. The predicted molar refractivity (Wildman–Crippen MR) is 142 cm³/mol. The van der Waals surface area contributed by atoms with E-state index in [1.54, 1.807) is 24.5 Å². The molecule has 0 spiro atoms. The summed E-state index contributed by atoms with van der Waals surface area (Å²) < 4.78 is 39.6. The number of nitrogens with two attached hydrogens (primary N) is 1. The maximum Gasteiger partial charge on any atom is 0.416 e. The van der Waals surface area contributed by atoms with Crippen LogP contribution in [-0.2, 0) is 12.7 Å². The van der Waals surface area contributed by atoms with Crippen molar-refractivity contribution in [2.45, 2.75) is 19.6 Å². The number of piperazine rings is 1. The van der Waals surface area contributed by atoms with Crippen LogP contribution in [-0.4, -0.2) is 47.0 Å². The summed E-state index contributed by atoms with van der Waals surface area (Å²) in [6, 6.07) is 17.0. The Morgan fingerprint density at radius 3 is 2.45 bits per heavy atom. The highest BCUT2D eigenvalue weighted by atomic mass is 19.4. The molecular formula is C29H28F3N5O. The molecule has 0 bridgehead atoms. The second-order valence-corrected chi connectivity index (χ2v) is 9.44. The number of hydrogen-bond acceptors (Lipinski definition) is 4. The molecule has 38 heavy (non-hydrogen) atoms. The summed E-state index contributed by atoms with van der Waals surface area (Å²) in [6.07, 6.45) is -1.14. The van der Waals surface area contributed by atoms with Crippen LogP contribution in [0.5, 0.6) is 0 Å². The maximum absolute atomic E-state index is 13.2. The summed E-state index contributed by atoms with van der Waals surface area (Å²) in [5.74, 6) is -0.527. The lowest BCUT2D eigenvalue weighted by Crippen LogP contribution is -2.46. The van der Waals surface area contributed by atoms with E-state index in [-0.39, 0.29) is 0 Å². The average molecular weight is 520 g/mol. The van der Waals surface area contributed by atoms with E-state index in [9.17, 15) is 18.0 Å². The quantitative estimate of drug-likeness (QED) is 0.353. The van der Waals surface area contributed by atoms with Gasteiger partial charge in [0.05, 0.1) is 16.8 Å². The lowest BCUT2D eigenvalue weighted by atomic mass is 9.94. The normalized spacial score (nSPS) is 14.6. The molecule has 0 unspecified atom stereocenters. The molecule has 196 valence electrons. The highest BCUT2D eigenvalue weighted by Gasteiger charge is 2.31. The first-order chi connectivity index (χ1) is 18.2. The Bertz CT molecular complexity index is 1440. The Hall–Kier alpha value is -4.11. The number of amides is 1. The van der Waals surface area contributed by atoms with Gasteiger partial charge in [-0.05, 0) is 42.3 Å². The van der Waals surface area contributed by atoms with Crippen LogP contribution in [0.25, 0.3) is 22.4 Å². The Balaban J connectivity index is 1.44. The van der Waals surface area contributed by atoms with Crippen LogP contribution >= 0.6 is 0 Å². The summed E-state index contributed by atoms with van der Waals surface area (Å²) in [5, 5.41) is 0. The van der Waals surface area contributed by atoms with E-state index in [1.807, 2.05) is 42.2 Å². The number of carbonyl (C=O) groups excluding carboxylic acids is 1. The van der Waals surface area contributed by atoms with E-state index >= 15 is 0 Å². The van der Waals surface area contributed by atoms with Gasteiger partial charge in [-0.25, -0.2) is 0 Å². The molecule has 3 N–H and O–H groups in total. The minimum absolute atomic E-state index is 0.395. The van der Waals surface area contributed by atoms with Gasteiger partial charge in [-0.1, -0.05) is 36.4 Å². The third-order valence-corrected chi connectivity index (χ3v) is 7.03. The van der Waals surface area contributed by atoms with Gasteiger partial charge in [-0.15, -0.1) is 0 Å². The second-order valence-electron chi connectivity index (χ2n) is 9.44. The van der Waals surface area contributed by atoms with Crippen LogP contribution in [0.3, 0.4) is 0 Å². The van der Waals surface area contributed by atoms with Gasteiger partial charge >= 0.3 is 6.18 Å². The Morgan fingerprint density at radius 2 is 1.76 bits per heavy atom. The Labute approximate surface area is 218 Å². The van der Waals surface area contributed by atoms with Crippen molar-refractivity contribution in [2.75, 3.05) is 31.1 Å². The predicted octanol–water partition coefficient (Wildman–Crippen LogP) is 5.49. The number of halogens is 3. The minimum Gasteiger partial charge on any atom is -0.369 e. The molecule has 6 nitrogen and oxygen atoms in total. The summed E-state index contributed by atoms with van der Waals surface area (Å²) in [4.78, 5) is 24.4. The molecule has 0 atom stereocenters. The first-order valence-electron chi connectivity index (χ1n) is 12.4. The molecule has 1 aliphatic heterocycles. The first kappa shape index (κ1) is 25.5. The summed E-state index contributed by atoms with van der Waals surface area (Å²) in [7, 11) is 0. The average Bonchev–Trinajstić information content (AvgIpc) is 3.24. The maximum atomic E-state index is 13.2. The molecule has 9 heteroatoms. The largest absolute Gasteiger partial charge is 0.416 e. The summed E-state index contributed by atoms with van der Waals surface area (Å²) >= 11 is 0. The molecule has 0 saturated carbocycles. The number of carbonyl (C=O) groups is 1. The number of nitrogens with zero attached hydrogens (tertiary/aromatic N) is 3. The molecule has 5 rings (SSSR count). The van der Waals surface area contributed by atoms with Gasteiger partial charge in [0, 0.05) is 67.6 Å². The molecule has 2 aromatic carbocycles. The van der Waals surface area contributed by atoms with E-state index < -0.39 is 17.6 Å². The van der Waals surface area contributed by atoms with Gasteiger partial charge in [0.25, 0.3) is 0 Å². The number of aromatic amines is 1. The van der Waals surface area contributed by atoms with Crippen LogP contribution in [0.1, 0.15) is 27.2 Å². The lowest BCUT2D eigenvalue weighted by molar-refractivity contribution is -0.137. The number of alkyl halides is 3. The van der Waals surface area contributed by atoms with Crippen molar-refractivity contribution < 1.29 is 18.0 Å². The first-order valence-corrected chi connectivity index (χ1v) is 12.4. The number of anilines is 1. The second kappa shape index (κ2) is 10.3. The van der Waals surface area contributed by atoms with Crippen molar-refractivity contribution in [3.8, 4) is 22.4 Å². The fourth-order valence-electron chi connectivity index (χ4n) is 5.06. The molecule has 1 fully saturated rings. The van der Waals surface area contributed by atoms with Crippen molar-refractivity contribution in [3.05, 3.63) is 95.4 Å². The van der Waals surface area contributed by atoms with Gasteiger partial charge in [0.1, 0.15) is 0 Å². The number of hydrogen-bond donors (Lipinski definition) is 2. The van der Waals surface area contributed by atoms with Crippen molar-refractivity contribution in [1.82, 2.24) is 14.9 Å². The van der Waals surface area contributed by atoms with Crippen molar-refractivity contribution in [1.29, 1.82) is 0 Å². The number of aryl methyl sites for hydroxylation is 1. The van der Waals surface area contributed by atoms with Gasteiger partial charge < -0.3 is 15.6 Å². The number of rotatable bonds is 6. The van der Waals surface area contributed by atoms with Crippen LogP contribution in [0.4, 0.5) is 18.9 Å². The van der Waals surface area contributed by atoms with Crippen LogP contribution in [0.15, 0.2) is 73.1 Å². The molecule has 4 aromatic rings. The number of pyridine rings is 1. The van der Waals surface area contributed by atoms with Crippen LogP contribution < -0.4 is 10.6 Å². The fraction of sp³-hybridized carbons (Fsp3) is 0.241. The third kappa shape index (κ3) is 5.15. The number of H-pyrrole nitrogens is 1. The number of benzene rings is 2.